The molecule has 5 aromatic carbocycles. The Labute approximate surface area is 346 Å². The molecule has 0 spiro atoms. The van der Waals surface area contributed by atoms with Crippen LogP contribution in [0.5, 0.6) is 5.75 Å². The number of pyridine rings is 1. The minimum Gasteiger partial charge on any atom is -0.507 e. The van der Waals surface area contributed by atoms with E-state index in [1.807, 2.05) is 18.2 Å². The molecule has 0 saturated heterocycles. The first kappa shape index (κ1) is 39.2. The number of fused-ring (bicyclic) bond motifs is 2. The summed E-state index contributed by atoms with van der Waals surface area (Å²) in [5, 5.41) is 12.0. The van der Waals surface area contributed by atoms with Crippen LogP contribution in [0, 0.1) is 6.07 Å². The molecule has 2 aromatic heterocycles. The Kier molecular flexibility index (Phi) is 10.1. The maximum absolute atomic E-state index is 12.0. The van der Waals surface area contributed by atoms with Gasteiger partial charge in [0, 0.05) is 54.6 Å². The van der Waals surface area contributed by atoms with Crippen molar-refractivity contribution in [1.82, 2.24) is 14.5 Å². The van der Waals surface area contributed by atoms with Crippen molar-refractivity contribution < 1.29 is 26.2 Å². The molecule has 56 heavy (non-hydrogen) atoms. The molecule has 0 unspecified atom stereocenters. The second kappa shape index (κ2) is 14.5. The van der Waals surface area contributed by atoms with Gasteiger partial charge in [-0.3, -0.25) is 4.98 Å². The molecule has 1 aliphatic carbocycles. The largest absolute Gasteiger partial charge is 0.507 e. The van der Waals surface area contributed by atoms with Gasteiger partial charge in [-0.2, -0.15) is 0 Å². The molecule has 5 heteroatoms. The van der Waals surface area contributed by atoms with Crippen LogP contribution in [0.2, 0.25) is 0 Å². The summed E-state index contributed by atoms with van der Waals surface area (Å²) >= 11 is 0. The van der Waals surface area contributed by atoms with E-state index < -0.39 is 0 Å². The topological polar surface area (TPSA) is 50.9 Å². The fourth-order valence-electron chi connectivity index (χ4n) is 7.74. The number of aromatic nitrogens is 3. The van der Waals surface area contributed by atoms with Crippen LogP contribution < -0.4 is 0 Å². The van der Waals surface area contributed by atoms with Crippen LogP contribution in [0.3, 0.4) is 0 Å². The molecule has 1 N–H and O–H groups in total. The number of imidazole rings is 1. The number of nitrogens with zero attached hydrogens (tertiary/aromatic N) is 3. The van der Waals surface area contributed by atoms with E-state index in [4.69, 9.17) is 9.97 Å². The van der Waals surface area contributed by atoms with Gasteiger partial charge in [-0.05, 0) is 75.3 Å². The van der Waals surface area contributed by atoms with Crippen molar-refractivity contribution in [1.29, 1.82) is 0 Å². The van der Waals surface area contributed by atoms with Crippen molar-refractivity contribution in [2.45, 2.75) is 85.0 Å². The summed E-state index contributed by atoms with van der Waals surface area (Å²) < 4.78 is 2.30. The summed E-state index contributed by atoms with van der Waals surface area (Å²) in [5.41, 5.74) is 14.7. The average molecular weight is 916 g/mol. The number of rotatable bonds is 5. The van der Waals surface area contributed by atoms with Crippen LogP contribution in [0.15, 0.2) is 115 Å². The number of phenolic OH excluding ortho intramolecular Hbond substituents is 1. The Balaban J connectivity index is 0.00000480. The second-order valence-electron chi connectivity index (χ2n) is 18.0. The number of aromatic hydroxyl groups is 1. The van der Waals surface area contributed by atoms with Gasteiger partial charge >= 0.3 is 0 Å². The molecule has 2 heterocycles. The van der Waals surface area contributed by atoms with Crippen LogP contribution in [0.1, 0.15) is 90.1 Å². The third kappa shape index (κ3) is 7.09. The van der Waals surface area contributed by atoms with Gasteiger partial charge in [0.15, 0.2) is 0 Å². The first-order chi connectivity index (χ1) is 26.1. The molecule has 4 nitrogen and oxygen atoms in total. The Morgan fingerprint density at radius 2 is 1.38 bits per heavy atom. The van der Waals surface area contributed by atoms with Gasteiger partial charge in [0.25, 0.3) is 0 Å². The Morgan fingerprint density at radius 3 is 2.05 bits per heavy atom. The molecule has 0 fully saturated rings. The number of hydrogen-bond acceptors (Lipinski definition) is 3. The van der Waals surface area contributed by atoms with Crippen LogP contribution >= 0.6 is 0 Å². The molecule has 0 radical (unpaired) electrons. The minimum absolute atomic E-state index is 0. The van der Waals surface area contributed by atoms with Gasteiger partial charge in [0.1, 0.15) is 5.75 Å². The fraction of sp³-hybridized carbons (Fsp3) is 0.255. The molecule has 286 valence electrons. The maximum Gasteiger partial charge on any atom is 0.128 e. The predicted octanol–water partition coefficient (Wildman–Crippen LogP) is 13.1. The van der Waals surface area contributed by atoms with E-state index in [1.165, 1.54) is 16.7 Å². The molecule has 0 aliphatic heterocycles. The first-order valence-electron chi connectivity index (χ1n) is 19.4. The Hall–Kier alpha value is -5.05. The normalized spacial score (nSPS) is 12.9. The molecular formula is C51H50N3OPt-. The van der Waals surface area contributed by atoms with E-state index in [9.17, 15) is 5.11 Å². The average Bonchev–Trinajstić information content (AvgIpc) is 3.79. The van der Waals surface area contributed by atoms with Gasteiger partial charge in [0.2, 0.25) is 0 Å². The van der Waals surface area contributed by atoms with Crippen molar-refractivity contribution in [3.05, 3.63) is 149 Å². The zero-order valence-corrected chi connectivity index (χ0v) is 36.1. The van der Waals surface area contributed by atoms with Gasteiger partial charge < -0.3 is 9.67 Å². The van der Waals surface area contributed by atoms with E-state index in [2.05, 4.69) is 176 Å². The van der Waals surface area contributed by atoms with Gasteiger partial charge in [-0.1, -0.05) is 129 Å². The van der Waals surface area contributed by atoms with Gasteiger partial charge in [0.05, 0.1) is 28.2 Å². The predicted molar refractivity (Wildman–Crippen MR) is 230 cm³/mol. The minimum atomic E-state index is -0.260. The smallest absolute Gasteiger partial charge is 0.128 e. The van der Waals surface area contributed by atoms with E-state index in [0.29, 0.717) is 5.75 Å². The van der Waals surface area contributed by atoms with E-state index in [1.54, 1.807) is 0 Å². The van der Waals surface area contributed by atoms with Crippen LogP contribution in [0.25, 0.3) is 67.8 Å². The zero-order chi connectivity index (χ0) is 38.9. The number of phenols is 1. The maximum atomic E-state index is 12.0. The standard InChI is InChI=1S/C51H50N3O.Pt/c1-49(2,3)35-26-27-43(39(29-35)32-18-12-10-13-19-32)54-44-25-17-24-38(46(44)53-48(54)33-20-14-11-15-21-33)42-28-34-22-16-23-37(34)45(52-42)40-30-36(50(4,5)6)31-41(47(40)55)51(7,8)9;/h10-20,23-31,55H,22H2,1-9H3;/q-1;. The molecule has 0 amide bonds. The van der Waals surface area contributed by atoms with Crippen LogP contribution in [0.4, 0.5) is 0 Å². The third-order valence-electron chi connectivity index (χ3n) is 10.9. The summed E-state index contributed by atoms with van der Waals surface area (Å²) in [4.78, 5) is 10.9. The molecule has 7 aromatic rings. The zero-order valence-electron chi connectivity index (χ0n) is 33.9. The summed E-state index contributed by atoms with van der Waals surface area (Å²) in [6.07, 6.45) is 5.16. The van der Waals surface area contributed by atoms with Crippen molar-refractivity contribution in [3.63, 3.8) is 0 Å². The number of hydrogen-bond donors (Lipinski definition) is 1. The summed E-state index contributed by atoms with van der Waals surface area (Å²) in [7, 11) is 0. The monoisotopic (exact) mass is 915 g/mol. The quantitative estimate of drug-likeness (QED) is 0.175. The van der Waals surface area contributed by atoms with Crippen LogP contribution in [-0.2, 0) is 43.7 Å². The molecule has 1 aliphatic rings. The summed E-state index contributed by atoms with van der Waals surface area (Å²) in [5.74, 6) is 1.11. The first-order valence-corrected chi connectivity index (χ1v) is 19.4. The Bertz CT molecular complexity index is 2610. The van der Waals surface area contributed by atoms with Crippen molar-refractivity contribution in [3.8, 4) is 56.5 Å². The number of allylic oxidation sites excluding steroid dienone is 1. The van der Waals surface area contributed by atoms with Gasteiger partial charge in [-0.15, -0.1) is 35.9 Å². The summed E-state index contributed by atoms with van der Waals surface area (Å²) in [6.45, 7) is 19.9. The van der Waals surface area contributed by atoms with Crippen molar-refractivity contribution >= 4 is 17.1 Å². The number of benzene rings is 5. The SMILES string of the molecule is CC(C)(C)c1ccc(-n2c(-c3[c-]cccc3)nc3c(-c4cc5c(c(-c6cc(C(C)(C)C)cc(C(C)(C)C)c6O)n4)C=CC5)cccc32)c(-c2ccccc2)c1.[Pt]. The molecule has 0 atom stereocenters. The molecular weight excluding hydrogens is 866 g/mol. The van der Waals surface area contributed by atoms with E-state index in [-0.39, 0.29) is 37.3 Å². The van der Waals surface area contributed by atoms with Gasteiger partial charge in [-0.25, -0.2) is 4.98 Å². The number of para-hydroxylation sites is 1. The van der Waals surface area contributed by atoms with E-state index >= 15 is 0 Å². The third-order valence-corrected chi connectivity index (χ3v) is 10.9. The summed E-state index contributed by atoms with van der Waals surface area (Å²) in [6, 6.07) is 42.0. The van der Waals surface area contributed by atoms with Crippen molar-refractivity contribution in [2.75, 3.05) is 0 Å². The molecule has 0 bridgehead atoms. The fourth-order valence-corrected chi connectivity index (χ4v) is 7.74. The molecule has 8 rings (SSSR count). The molecule has 0 saturated carbocycles. The Morgan fingerprint density at radius 1 is 0.661 bits per heavy atom. The van der Waals surface area contributed by atoms with Crippen molar-refractivity contribution in [2.24, 2.45) is 0 Å². The second-order valence-corrected chi connectivity index (χ2v) is 18.0. The van der Waals surface area contributed by atoms with Crippen LogP contribution in [-0.4, -0.2) is 19.6 Å². The van der Waals surface area contributed by atoms with E-state index in [0.717, 1.165) is 79.3 Å².